The van der Waals surface area contributed by atoms with E-state index in [2.05, 4.69) is 10.1 Å². The van der Waals surface area contributed by atoms with Crippen LogP contribution < -0.4 is 10.1 Å². The van der Waals surface area contributed by atoms with E-state index in [1.807, 2.05) is 0 Å². The summed E-state index contributed by atoms with van der Waals surface area (Å²) in [4.78, 5) is 25.3. The summed E-state index contributed by atoms with van der Waals surface area (Å²) in [5.74, 6) is 0.330. The molecule has 2 heterocycles. The van der Waals surface area contributed by atoms with Gasteiger partial charge >= 0.3 is 12.3 Å². The number of amides is 2. The number of alkyl halides is 3. The van der Waals surface area contributed by atoms with Gasteiger partial charge in [-0.2, -0.15) is 13.2 Å². The average molecular weight is 358 g/mol. The fourth-order valence-electron chi connectivity index (χ4n) is 2.97. The lowest BCUT2D eigenvalue weighted by molar-refractivity contribution is -0.162. The van der Waals surface area contributed by atoms with Crippen LogP contribution >= 0.6 is 0 Å². The number of anilines is 1. The molecule has 0 aliphatic carbocycles. The van der Waals surface area contributed by atoms with Crippen LogP contribution in [0.5, 0.6) is 5.75 Å². The Morgan fingerprint density at radius 2 is 2.16 bits per heavy atom. The van der Waals surface area contributed by atoms with Gasteiger partial charge in [-0.25, -0.2) is 4.79 Å². The monoisotopic (exact) mass is 358 g/mol. The van der Waals surface area contributed by atoms with Crippen LogP contribution in [0.3, 0.4) is 0 Å². The highest BCUT2D eigenvalue weighted by Crippen LogP contribution is 2.28. The number of benzene rings is 1. The molecule has 0 spiro atoms. The van der Waals surface area contributed by atoms with E-state index in [9.17, 15) is 22.8 Å². The molecule has 1 aromatic rings. The molecule has 1 atom stereocenters. The SMILES string of the molecule is O=C(Nc1ccc2c(c1)CCO2)C1CCCN1C(=O)OCC(F)(F)F. The van der Waals surface area contributed by atoms with Gasteiger partial charge < -0.3 is 14.8 Å². The maximum atomic E-state index is 12.4. The second kappa shape index (κ2) is 6.81. The van der Waals surface area contributed by atoms with E-state index in [0.717, 1.165) is 22.6 Å². The van der Waals surface area contributed by atoms with Crippen molar-refractivity contribution in [2.24, 2.45) is 0 Å². The van der Waals surface area contributed by atoms with Crippen LogP contribution in [0, 0.1) is 0 Å². The van der Waals surface area contributed by atoms with Gasteiger partial charge in [0.15, 0.2) is 6.61 Å². The molecule has 2 amide bonds. The van der Waals surface area contributed by atoms with Crippen molar-refractivity contribution in [1.29, 1.82) is 0 Å². The van der Waals surface area contributed by atoms with Crippen LogP contribution in [-0.2, 0) is 16.0 Å². The molecule has 2 aliphatic heterocycles. The van der Waals surface area contributed by atoms with Gasteiger partial charge in [0.05, 0.1) is 6.61 Å². The molecule has 0 saturated carbocycles. The third-order valence-electron chi connectivity index (χ3n) is 4.11. The van der Waals surface area contributed by atoms with Gasteiger partial charge in [0.25, 0.3) is 0 Å². The van der Waals surface area contributed by atoms with Crippen LogP contribution in [0.4, 0.5) is 23.7 Å². The van der Waals surface area contributed by atoms with E-state index >= 15 is 0 Å². The van der Waals surface area contributed by atoms with Crippen LogP contribution in [0.2, 0.25) is 0 Å². The zero-order valence-electron chi connectivity index (χ0n) is 13.3. The summed E-state index contributed by atoms with van der Waals surface area (Å²) >= 11 is 0. The Morgan fingerprint density at radius 3 is 2.92 bits per heavy atom. The van der Waals surface area contributed by atoms with Gasteiger partial charge in [0.1, 0.15) is 11.8 Å². The van der Waals surface area contributed by atoms with Crippen molar-refractivity contribution in [3.05, 3.63) is 23.8 Å². The molecule has 25 heavy (non-hydrogen) atoms. The first-order valence-electron chi connectivity index (χ1n) is 7.90. The molecule has 136 valence electrons. The number of hydrogen-bond donors (Lipinski definition) is 1. The molecule has 0 aromatic heterocycles. The summed E-state index contributed by atoms with van der Waals surface area (Å²) < 4.78 is 46.1. The van der Waals surface area contributed by atoms with Gasteiger partial charge in [-0.1, -0.05) is 0 Å². The maximum absolute atomic E-state index is 12.4. The normalized spacial score (nSPS) is 19.3. The predicted molar refractivity (Wildman–Crippen MR) is 81.4 cm³/mol. The number of fused-ring (bicyclic) bond motifs is 1. The Labute approximate surface area is 141 Å². The first-order chi connectivity index (χ1) is 11.8. The number of carbonyl (C=O) groups excluding carboxylic acids is 2. The molecule has 1 saturated heterocycles. The molecule has 1 fully saturated rings. The molecule has 9 heteroatoms. The minimum absolute atomic E-state index is 0.187. The molecule has 0 bridgehead atoms. The van der Waals surface area contributed by atoms with E-state index in [1.165, 1.54) is 0 Å². The highest BCUT2D eigenvalue weighted by molar-refractivity contribution is 5.97. The lowest BCUT2D eigenvalue weighted by atomic mass is 10.1. The first-order valence-corrected chi connectivity index (χ1v) is 7.90. The van der Waals surface area contributed by atoms with Crippen molar-refractivity contribution in [3.8, 4) is 5.75 Å². The van der Waals surface area contributed by atoms with Crippen molar-refractivity contribution in [1.82, 2.24) is 4.90 Å². The Balaban J connectivity index is 1.61. The molecule has 0 radical (unpaired) electrons. The van der Waals surface area contributed by atoms with Gasteiger partial charge in [0.2, 0.25) is 5.91 Å². The topological polar surface area (TPSA) is 67.9 Å². The van der Waals surface area contributed by atoms with Crippen molar-refractivity contribution >= 4 is 17.7 Å². The third-order valence-corrected chi connectivity index (χ3v) is 4.11. The third kappa shape index (κ3) is 4.15. The van der Waals surface area contributed by atoms with Gasteiger partial charge in [-0.15, -0.1) is 0 Å². The Morgan fingerprint density at radius 1 is 1.36 bits per heavy atom. The standard InChI is InChI=1S/C16H17F3N2O4/c17-16(18,19)9-25-15(23)21-6-1-2-12(21)14(22)20-11-3-4-13-10(8-11)5-7-24-13/h3-4,8,12H,1-2,5-7,9H2,(H,20,22). The summed E-state index contributed by atoms with van der Waals surface area (Å²) in [6, 6.07) is 4.39. The predicted octanol–water partition coefficient (Wildman–Crippen LogP) is 2.72. The fraction of sp³-hybridized carbons (Fsp3) is 0.500. The number of likely N-dealkylation sites (tertiary alicyclic amines) is 1. The number of nitrogens with one attached hydrogen (secondary N) is 1. The zero-order valence-corrected chi connectivity index (χ0v) is 13.3. The molecule has 1 unspecified atom stereocenters. The molecular weight excluding hydrogens is 341 g/mol. The quantitative estimate of drug-likeness (QED) is 0.902. The molecule has 6 nitrogen and oxygen atoms in total. The van der Waals surface area contributed by atoms with Crippen LogP contribution in [0.1, 0.15) is 18.4 Å². The Kier molecular flexibility index (Phi) is 4.73. The summed E-state index contributed by atoms with van der Waals surface area (Å²) in [6.45, 7) is -0.886. The number of carbonyl (C=O) groups is 2. The van der Waals surface area contributed by atoms with Crippen molar-refractivity contribution in [2.45, 2.75) is 31.5 Å². The molecule has 2 aliphatic rings. The minimum Gasteiger partial charge on any atom is -0.493 e. The molecule has 1 aromatic carbocycles. The lowest BCUT2D eigenvalue weighted by Crippen LogP contribution is -2.44. The van der Waals surface area contributed by atoms with Crippen molar-refractivity contribution < 1.29 is 32.2 Å². The number of nitrogens with zero attached hydrogens (tertiary/aromatic N) is 1. The lowest BCUT2D eigenvalue weighted by Gasteiger charge is -2.23. The maximum Gasteiger partial charge on any atom is 0.422 e. The van der Waals surface area contributed by atoms with Crippen molar-refractivity contribution in [3.63, 3.8) is 0 Å². The summed E-state index contributed by atoms with van der Waals surface area (Å²) in [5, 5.41) is 2.70. The summed E-state index contributed by atoms with van der Waals surface area (Å²) in [5.41, 5.74) is 1.54. The fourth-order valence-corrected chi connectivity index (χ4v) is 2.97. The van der Waals surface area contributed by atoms with Crippen LogP contribution in [-0.4, -0.2) is 48.9 Å². The van der Waals surface area contributed by atoms with E-state index in [4.69, 9.17) is 4.74 Å². The zero-order chi connectivity index (χ0) is 18.0. The highest BCUT2D eigenvalue weighted by atomic mass is 19.4. The molecular formula is C16H17F3N2O4. The average Bonchev–Trinajstić information content (AvgIpc) is 3.20. The smallest absolute Gasteiger partial charge is 0.422 e. The van der Waals surface area contributed by atoms with Crippen LogP contribution in [0.25, 0.3) is 0 Å². The molecule has 3 rings (SSSR count). The van der Waals surface area contributed by atoms with E-state index in [1.54, 1.807) is 18.2 Å². The van der Waals surface area contributed by atoms with Gasteiger partial charge in [-0.3, -0.25) is 9.69 Å². The molecule has 1 N–H and O–H groups in total. The van der Waals surface area contributed by atoms with E-state index in [0.29, 0.717) is 25.1 Å². The van der Waals surface area contributed by atoms with Crippen molar-refractivity contribution in [2.75, 3.05) is 25.1 Å². The largest absolute Gasteiger partial charge is 0.493 e. The summed E-state index contributed by atoms with van der Waals surface area (Å²) in [6.07, 6.45) is -4.08. The number of hydrogen-bond acceptors (Lipinski definition) is 4. The second-order valence-corrected chi connectivity index (χ2v) is 5.93. The van der Waals surface area contributed by atoms with E-state index in [-0.39, 0.29) is 6.54 Å². The number of halogens is 3. The minimum atomic E-state index is -4.60. The van der Waals surface area contributed by atoms with E-state index < -0.39 is 30.8 Å². The highest BCUT2D eigenvalue weighted by Gasteiger charge is 2.37. The van der Waals surface area contributed by atoms with Gasteiger partial charge in [-0.05, 0) is 36.6 Å². The Hall–Kier alpha value is -2.45. The Bertz CT molecular complexity index is 678. The van der Waals surface area contributed by atoms with Crippen LogP contribution in [0.15, 0.2) is 18.2 Å². The second-order valence-electron chi connectivity index (χ2n) is 5.93. The summed E-state index contributed by atoms with van der Waals surface area (Å²) in [7, 11) is 0. The van der Waals surface area contributed by atoms with Gasteiger partial charge in [0, 0.05) is 18.7 Å². The number of rotatable bonds is 3. The first kappa shape index (κ1) is 17.4. The number of ether oxygens (including phenoxy) is 2.